The van der Waals surface area contributed by atoms with Gasteiger partial charge < -0.3 is 10.0 Å². The topological polar surface area (TPSA) is 60.1 Å². The molecule has 0 spiro atoms. The molecule has 0 unspecified atom stereocenters. The van der Waals surface area contributed by atoms with Crippen molar-refractivity contribution in [1.29, 1.82) is 5.26 Å². The molecule has 1 aromatic heterocycles. The van der Waals surface area contributed by atoms with Gasteiger partial charge in [0, 0.05) is 24.2 Å². The lowest BCUT2D eigenvalue weighted by Crippen LogP contribution is -2.34. The Morgan fingerprint density at radius 2 is 2.11 bits per heavy atom. The molecule has 2 aromatic rings. The summed E-state index contributed by atoms with van der Waals surface area (Å²) in [7, 11) is 0. The molecule has 98 valence electrons. The third-order valence-electron chi connectivity index (χ3n) is 3.12. The summed E-state index contributed by atoms with van der Waals surface area (Å²) < 4.78 is 0. The molecule has 0 saturated carbocycles. The normalized spacial score (nSPS) is 10.7. The van der Waals surface area contributed by atoms with Crippen molar-refractivity contribution < 1.29 is 5.11 Å². The first-order valence-corrected chi connectivity index (χ1v) is 6.34. The molecule has 4 heteroatoms. The van der Waals surface area contributed by atoms with Gasteiger partial charge in [-0.25, -0.2) is 0 Å². The maximum absolute atomic E-state index is 9.30. The molecule has 19 heavy (non-hydrogen) atoms. The Morgan fingerprint density at radius 1 is 1.37 bits per heavy atom. The van der Waals surface area contributed by atoms with Crippen LogP contribution in [0.5, 0.6) is 0 Å². The summed E-state index contributed by atoms with van der Waals surface area (Å²) >= 11 is 0. The lowest BCUT2D eigenvalue weighted by atomic mass is 10.1. The number of pyridine rings is 1. The van der Waals surface area contributed by atoms with Crippen LogP contribution in [0.15, 0.2) is 30.5 Å². The second-order valence-electron chi connectivity index (χ2n) is 4.66. The number of aliphatic hydroxyl groups is 1. The van der Waals surface area contributed by atoms with Crippen LogP contribution in [-0.4, -0.2) is 29.3 Å². The van der Waals surface area contributed by atoms with Crippen LogP contribution in [0.1, 0.15) is 19.4 Å². The molecule has 0 radical (unpaired) electrons. The van der Waals surface area contributed by atoms with Crippen molar-refractivity contribution in [3.63, 3.8) is 0 Å². The highest BCUT2D eigenvalue weighted by Crippen LogP contribution is 2.30. The molecular weight excluding hydrogens is 238 g/mol. The molecule has 1 N–H and O–H groups in total. The van der Waals surface area contributed by atoms with E-state index in [1.54, 1.807) is 6.20 Å². The Kier molecular flexibility index (Phi) is 3.98. The van der Waals surface area contributed by atoms with E-state index in [2.05, 4.69) is 11.1 Å². The molecule has 0 fully saturated rings. The minimum absolute atomic E-state index is 0.0553. The number of hydrogen-bond acceptors (Lipinski definition) is 4. The van der Waals surface area contributed by atoms with Gasteiger partial charge in [0.25, 0.3) is 0 Å². The summed E-state index contributed by atoms with van der Waals surface area (Å²) in [5.41, 5.74) is 2.26. The van der Waals surface area contributed by atoms with Crippen molar-refractivity contribution >= 4 is 16.6 Å². The van der Waals surface area contributed by atoms with Gasteiger partial charge in [-0.1, -0.05) is 18.2 Å². The van der Waals surface area contributed by atoms with Gasteiger partial charge in [0.2, 0.25) is 0 Å². The van der Waals surface area contributed by atoms with Crippen molar-refractivity contribution in [3.8, 4) is 6.07 Å². The van der Waals surface area contributed by atoms with Gasteiger partial charge in [-0.2, -0.15) is 5.26 Å². The van der Waals surface area contributed by atoms with Crippen LogP contribution < -0.4 is 4.90 Å². The Balaban J connectivity index is 2.70. The summed E-state index contributed by atoms with van der Waals surface area (Å²) in [5, 5.41) is 19.5. The van der Waals surface area contributed by atoms with Gasteiger partial charge in [0.15, 0.2) is 0 Å². The van der Waals surface area contributed by atoms with E-state index < -0.39 is 0 Å². The van der Waals surface area contributed by atoms with Crippen LogP contribution in [-0.2, 0) is 0 Å². The van der Waals surface area contributed by atoms with Crippen molar-refractivity contribution in [2.45, 2.75) is 19.9 Å². The van der Waals surface area contributed by atoms with E-state index >= 15 is 0 Å². The number of fused-ring (bicyclic) bond motifs is 1. The van der Waals surface area contributed by atoms with Crippen LogP contribution in [0.25, 0.3) is 10.9 Å². The van der Waals surface area contributed by atoms with E-state index in [0.717, 1.165) is 16.6 Å². The monoisotopic (exact) mass is 255 g/mol. The predicted molar refractivity (Wildman–Crippen MR) is 76.0 cm³/mol. The van der Waals surface area contributed by atoms with Crippen LogP contribution in [0.2, 0.25) is 0 Å². The van der Waals surface area contributed by atoms with Gasteiger partial charge >= 0.3 is 0 Å². The first-order chi connectivity index (χ1) is 9.19. The number of nitrogens with zero attached hydrogens (tertiary/aromatic N) is 3. The van der Waals surface area contributed by atoms with Gasteiger partial charge in [-0.15, -0.1) is 0 Å². The Morgan fingerprint density at radius 3 is 2.74 bits per heavy atom. The van der Waals surface area contributed by atoms with Crippen LogP contribution in [0.4, 0.5) is 5.69 Å². The Bertz CT molecular complexity index is 616. The average Bonchev–Trinajstić information content (AvgIpc) is 2.43. The van der Waals surface area contributed by atoms with E-state index in [-0.39, 0.29) is 12.6 Å². The van der Waals surface area contributed by atoms with Crippen molar-refractivity contribution in [2.24, 2.45) is 0 Å². The zero-order valence-electron chi connectivity index (χ0n) is 11.2. The SMILES string of the molecule is CC(C)N(CCO)c1c(C#N)cnc2ccccc12. The lowest BCUT2D eigenvalue weighted by molar-refractivity contribution is 0.299. The van der Waals surface area contributed by atoms with Gasteiger partial charge in [0.1, 0.15) is 6.07 Å². The number of anilines is 1. The summed E-state index contributed by atoms with van der Waals surface area (Å²) in [6.07, 6.45) is 1.60. The molecule has 1 heterocycles. The quantitative estimate of drug-likeness (QED) is 0.910. The molecule has 1 aromatic carbocycles. The highest BCUT2D eigenvalue weighted by atomic mass is 16.3. The van der Waals surface area contributed by atoms with Crippen molar-refractivity contribution in [2.75, 3.05) is 18.1 Å². The first kappa shape index (κ1) is 13.3. The van der Waals surface area contributed by atoms with Crippen LogP contribution in [0.3, 0.4) is 0 Å². The van der Waals surface area contributed by atoms with E-state index in [0.29, 0.717) is 12.1 Å². The van der Waals surface area contributed by atoms with Gasteiger partial charge in [-0.3, -0.25) is 4.98 Å². The van der Waals surface area contributed by atoms with Gasteiger partial charge in [0.05, 0.1) is 23.4 Å². The highest BCUT2D eigenvalue weighted by Gasteiger charge is 2.17. The van der Waals surface area contributed by atoms with Crippen molar-refractivity contribution in [1.82, 2.24) is 4.98 Å². The third kappa shape index (κ3) is 2.51. The maximum Gasteiger partial charge on any atom is 0.103 e. The fourth-order valence-corrected chi connectivity index (χ4v) is 2.25. The molecule has 0 saturated heterocycles. The second-order valence-corrected chi connectivity index (χ2v) is 4.66. The standard InChI is InChI=1S/C15H17N3O/c1-11(2)18(7-8-19)15-12(9-16)10-17-14-6-4-3-5-13(14)15/h3-6,10-11,19H,7-8H2,1-2H3. The minimum Gasteiger partial charge on any atom is -0.395 e. The van der Waals surface area contributed by atoms with Gasteiger partial charge in [-0.05, 0) is 19.9 Å². The lowest BCUT2D eigenvalue weighted by Gasteiger charge is -2.30. The Labute approximate surface area is 112 Å². The number of aliphatic hydroxyl groups excluding tert-OH is 1. The first-order valence-electron chi connectivity index (χ1n) is 6.34. The number of aromatic nitrogens is 1. The summed E-state index contributed by atoms with van der Waals surface area (Å²) in [5.74, 6) is 0. The molecule has 4 nitrogen and oxygen atoms in total. The van der Waals surface area contributed by atoms with E-state index in [1.807, 2.05) is 43.0 Å². The summed E-state index contributed by atoms with van der Waals surface area (Å²) in [6, 6.07) is 10.2. The molecule has 2 rings (SSSR count). The smallest absolute Gasteiger partial charge is 0.103 e. The molecule has 0 aliphatic heterocycles. The van der Waals surface area contributed by atoms with E-state index in [1.165, 1.54) is 0 Å². The number of hydrogen-bond donors (Lipinski definition) is 1. The molecule has 0 aliphatic rings. The summed E-state index contributed by atoms with van der Waals surface area (Å²) in [4.78, 5) is 6.35. The second kappa shape index (κ2) is 5.68. The molecule has 0 amide bonds. The predicted octanol–water partition coefficient (Wildman–Crippen LogP) is 2.31. The van der Waals surface area contributed by atoms with E-state index in [9.17, 15) is 10.4 Å². The zero-order chi connectivity index (χ0) is 13.8. The fourth-order valence-electron chi connectivity index (χ4n) is 2.25. The average molecular weight is 255 g/mol. The molecule has 0 bridgehead atoms. The van der Waals surface area contributed by atoms with Crippen molar-refractivity contribution in [3.05, 3.63) is 36.0 Å². The minimum atomic E-state index is 0.0553. The molecule has 0 atom stereocenters. The summed E-state index contributed by atoms with van der Waals surface area (Å²) in [6.45, 7) is 4.65. The number of para-hydroxylation sites is 1. The largest absolute Gasteiger partial charge is 0.395 e. The zero-order valence-corrected chi connectivity index (χ0v) is 11.2. The van der Waals surface area contributed by atoms with Crippen LogP contribution in [0, 0.1) is 11.3 Å². The number of rotatable bonds is 4. The highest BCUT2D eigenvalue weighted by molar-refractivity contribution is 5.94. The number of benzene rings is 1. The van der Waals surface area contributed by atoms with Crippen LogP contribution >= 0.6 is 0 Å². The fraction of sp³-hybridized carbons (Fsp3) is 0.333. The maximum atomic E-state index is 9.30. The Hall–Kier alpha value is -2.12. The third-order valence-corrected chi connectivity index (χ3v) is 3.12. The number of nitriles is 1. The molecule has 0 aliphatic carbocycles. The molecular formula is C15H17N3O. The van der Waals surface area contributed by atoms with E-state index in [4.69, 9.17) is 0 Å².